The van der Waals surface area contributed by atoms with Gasteiger partial charge in [-0.1, -0.05) is 18.2 Å². The Morgan fingerprint density at radius 3 is 2.50 bits per heavy atom. The summed E-state index contributed by atoms with van der Waals surface area (Å²) < 4.78 is 1.75. The molecular weight excluding hydrogens is 402 g/mol. The molecule has 0 aliphatic heterocycles. The van der Waals surface area contributed by atoms with Crippen LogP contribution in [-0.4, -0.2) is 37.2 Å². The maximum absolute atomic E-state index is 12.0. The minimum absolute atomic E-state index is 0.0422. The van der Waals surface area contributed by atoms with Crippen molar-refractivity contribution in [2.45, 2.75) is 32.6 Å². The fraction of sp³-hybridized carbons (Fsp3) is 0.292. The molecule has 166 valence electrons. The summed E-state index contributed by atoms with van der Waals surface area (Å²) in [6.07, 6.45) is 18.6. The number of amides is 1. The first-order valence-electron chi connectivity index (χ1n) is 10.6. The topological polar surface area (TPSA) is 112 Å². The van der Waals surface area contributed by atoms with E-state index in [0.717, 1.165) is 47.4 Å². The molecule has 4 rings (SSSR count). The monoisotopic (exact) mass is 431 g/mol. The average Bonchev–Trinajstić information content (AvgIpc) is 3.23. The van der Waals surface area contributed by atoms with Crippen LogP contribution in [0.1, 0.15) is 30.7 Å². The summed E-state index contributed by atoms with van der Waals surface area (Å²) in [5.74, 6) is 1.33. The number of hydrogen-bond acceptors (Lipinski definition) is 6. The maximum atomic E-state index is 12.0. The Bertz CT molecular complexity index is 1070. The van der Waals surface area contributed by atoms with Crippen molar-refractivity contribution in [3.8, 4) is 11.1 Å². The Balaban J connectivity index is 0.000000243. The molecule has 0 radical (unpaired) electrons. The van der Waals surface area contributed by atoms with Gasteiger partial charge >= 0.3 is 0 Å². The van der Waals surface area contributed by atoms with Crippen molar-refractivity contribution in [2.75, 3.05) is 11.9 Å². The van der Waals surface area contributed by atoms with Crippen molar-refractivity contribution < 1.29 is 4.79 Å². The van der Waals surface area contributed by atoms with Crippen LogP contribution in [-0.2, 0) is 18.3 Å². The first kappa shape index (κ1) is 23.0. The molecule has 8 nitrogen and oxygen atoms in total. The summed E-state index contributed by atoms with van der Waals surface area (Å²) in [4.78, 5) is 24.4. The first-order chi connectivity index (χ1) is 15.5. The van der Waals surface area contributed by atoms with Crippen LogP contribution in [0, 0.1) is 6.92 Å². The van der Waals surface area contributed by atoms with Gasteiger partial charge in [0.05, 0.1) is 12.6 Å². The van der Waals surface area contributed by atoms with Gasteiger partial charge in [0.25, 0.3) is 0 Å². The molecule has 3 aromatic heterocycles. The van der Waals surface area contributed by atoms with Crippen molar-refractivity contribution in [1.82, 2.24) is 24.7 Å². The summed E-state index contributed by atoms with van der Waals surface area (Å²) >= 11 is 0. The van der Waals surface area contributed by atoms with Crippen LogP contribution in [0.3, 0.4) is 0 Å². The van der Waals surface area contributed by atoms with E-state index in [1.165, 1.54) is 0 Å². The number of aryl methyl sites for hydroxylation is 2. The van der Waals surface area contributed by atoms with E-state index in [9.17, 15) is 4.79 Å². The standard InChI is InChI=1S/C17H18N4O.C7H11N3/c1-21-12-15(11-19-21)14-7-8-16(18-10-14)20-17(22)9-13-5-3-2-4-6-13;1-6-9-4-7(2-3-8)5-10-6/h3,5-8,10-12H,2,4,9H2,1H3,(H,18,20,22);4-5H,2-3,8H2,1H3. The lowest BCUT2D eigenvalue weighted by atomic mass is 10.0. The van der Waals surface area contributed by atoms with Gasteiger partial charge in [-0.2, -0.15) is 5.10 Å². The average molecular weight is 432 g/mol. The number of nitrogens with two attached hydrogens (primary N) is 1. The van der Waals surface area contributed by atoms with Crippen LogP contribution in [0.4, 0.5) is 5.82 Å². The highest BCUT2D eigenvalue weighted by Crippen LogP contribution is 2.19. The van der Waals surface area contributed by atoms with E-state index >= 15 is 0 Å². The van der Waals surface area contributed by atoms with Crippen molar-refractivity contribution in [2.24, 2.45) is 12.8 Å². The quantitative estimate of drug-likeness (QED) is 0.619. The minimum Gasteiger partial charge on any atom is -0.330 e. The number of allylic oxidation sites excluding steroid dienone is 3. The third kappa shape index (κ3) is 7.24. The lowest BCUT2D eigenvalue weighted by Crippen LogP contribution is -2.13. The van der Waals surface area contributed by atoms with Crippen molar-refractivity contribution in [3.05, 3.63) is 78.3 Å². The SMILES string of the molecule is Cc1ncc(CCN)cn1.Cn1cc(-c2ccc(NC(=O)CC3=CCCC=C3)nc2)cn1. The second-order valence-electron chi connectivity index (χ2n) is 7.50. The molecule has 0 atom stereocenters. The lowest BCUT2D eigenvalue weighted by molar-refractivity contribution is -0.115. The molecule has 3 N–H and O–H groups in total. The van der Waals surface area contributed by atoms with Crippen LogP contribution in [0.25, 0.3) is 11.1 Å². The van der Waals surface area contributed by atoms with Crippen LogP contribution in [0.2, 0.25) is 0 Å². The van der Waals surface area contributed by atoms with E-state index in [2.05, 4.69) is 37.5 Å². The van der Waals surface area contributed by atoms with Gasteiger partial charge in [0.1, 0.15) is 11.6 Å². The van der Waals surface area contributed by atoms with Crippen molar-refractivity contribution in [1.29, 1.82) is 0 Å². The molecule has 8 heteroatoms. The highest BCUT2D eigenvalue weighted by atomic mass is 16.1. The summed E-state index contributed by atoms with van der Waals surface area (Å²) in [5, 5.41) is 6.96. The number of carbonyl (C=O) groups is 1. The Morgan fingerprint density at radius 2 is 1.91 bits per heavy atom. The first-order valence-corrected chi connectivity index (χ1v) is 10.6. The van der Waals surface area contributed by atoms with Crippen LogP contribution in [0.15, 0.2) is 66.9 Å². The van der Waals surface area contributed by atoms with E-state index in [-0.39, 0.29) is 5.91 Å². The normalized spacial score (nSPS) is 12.5. The van der Waals surface area contributed by atoms with Gasteiger partial charge in [0.2, 0.25) is 5.91 Å². The number of hydrogen-bond donors (Lipinski definition) is 2. The third-order valence-electron chi connectivity index (χ3n) is 4.77. The molecule has 32 heavy (non-hydrogen) atoms. The van der Waals surface area contributed by atoms with Crippen molar-refractivity contribution in [3.63, 3.8) is 0 Å². The zero-order valence-corrected chi connectivity index (χ0v) is 18.5. The van der Waals surface area contributed by atoms with Gasteiger partial charge in [0.15, 0.2) is 0 Å². The third-order valence-corrected chi connectivity index (χ3v) is 4.77. The summed E-state index contributed by atoms with van der Waals surface area (Å²) in [6.45, 7) is 2.53. The zero-order chi connectivity index (χ0) is 22.8. The number of anilines is 1. The Labute approximate surface area is 188 Å². The van der Waals surface area contributed by atoms with E-state index < -0.39 is 0 Å². The van der Waals surface area contributed by atoms with Gasteiger partial charge in [-0.05, 0) is 56.0 Å². The number of carbonyl (C=O) groups excluding carboxylic acids is 1. The van der Waals surface area contributed by atoms with Crippen LogP contribution < -0.4 is 11.1 Å². The number of pyridine rings is 1. The van der Waals surface area contributed by atoms with E-state index in [0.29, 0.717) is 18.8 Å². The molecule has 3 aromatic rings. The Kier molecular flexibility index (Phi) is 8.39. The van der Waals surface area contributed by atoms with E-state index in [4.69, 9.17) is 5.73 Å². The van der Waals surface area contributed by atoms with Gasteiger partial charge in [-0.25, -0.2) is 15.0 Å². The summed E-state index contributed by atoms with van der Waals surface area (Å²) in [5.41, 5.74) is 9.49. The summed E-state index contributed by atoms with van der Waals surface area (Å²) in [6, 6.07) is 3.74. The predicted octanol–water partition coefficient (Wildman–Crippen LogP) is 3.37. The number of rotatable bonds is 6. The highest BCUT2D eigenvalue weighted by Gasteiger charge is 2.07. The van der Waals surface area contributed by atoms with Gasteiger partial charge in [-0.3, -0.25) is 9.48 Å². The predicted molar refractivity (Wildman–Crippen MR) is 126 cm³/mol. The van der Waals surface area contributed by atoms with E-state index in [1.807, 2.05) is 50.8 Å². The molecule has 0 fully saturated rings. The molecular formula is C24H29N7O. The minimum atomic E-state index is -0.0422. The van der Waals surface area contributed by atoms with Crippen LogP contribution >= 0.6 is 0 Å². The molecule has 0 saturated carbocycles. The number of nitrogens with one attached hydrogen (secondary N) is 1. The second-order valence-corrected chi connectivity index (χ2v) is 7.50. The molecule has 0 aromatic carbocycles. The molecule has 3 heterocycles. The smallest absolute Gasteiger partial charge is 0.229 e. The number of aromatic nitrogens is 5. The zero-order valence-electron chi connectivity index (χ0n) is 18.5. The molecule has 0 spiro atoms. The molecule has 0 unspecified atom stereocenters. The Hall–Kier alpha value is -3.65. The van der Waals surface area contributed by atoms with Gasteiger partial charge in [0, 0.05) is 43.0 Å². The summed E-state index contributed by atoms with van der Waals surface area (Å²) in [7, 11) is 1.87. The maximum Gasteiger partial charge on any atom is 0.229 e. The molecule has 1 amide bonds. The fourth-order valence-corrected chi connectivity index (χ4v) is 3.10. The molecule has 0 bridgehead atoms. The van der Waals surface area contributed by atoms with Crippen molar-refractivity contribution >= 4 is 11.7 Å². The van der Waals surface area contributed by atoms with Gasteiger partial charge in [-0.15, -0.1) is 0 Å². The molecule has 0 saturated heterocycles. The largest absolute Gasteiger partial charge is 0.330 e. The molecule has 1 aliphatic carbocycles. The fourth-order valence-electron chi connectivity index (χ4n) is 3.10. The number of nitrogens with zero attached hydrogens (tertiary/aromatic N) is 5. The van der Waals surface area contributed by atoms with Gasteiger partial charge < -0.3 is 11.1 Å². The molecule has 1 aliphatic rings. The van der Waals surface area contributed by atoms with E-state index in [1.54, 1.807) is 17.1 Å². The Morgan fingerprint density at radius 1 is 1.09 bits per heavy atom. The highest BCUT2D eigenvalue weighted by molar-refractivity contribution is 5.91. The second kappa shape index (κ2) is 11.7. The van der Waals surface area contributed by atoms with Crippen LogP contribution in [0.5, 0.6) is 0 Å². The lowest BCUT2D eigenvalue weighted by Gasteiger charge is -2.08.